The van der Waals surface area contributed by atoms with Crippen molar-refractivity contribution in [3.63, 3.8) is 0 Å². The maximum atomic E-state index is 14.2. The molecule has 1 N–H and O–H groups in total. The summed E-state index contributed by atoms with van der Waals surface area (Å²) in [6.45, 7) is 1.38. The lowest BCUT2D eigenvalue weighted by molar-refractivity contribution is 0.0634. The fraction of sp³-hybridized carbons (Fsp3) is 0.435. The third-order valence-corrected chi connectivity index (χ3v) is 6.51. The number of nitrogens with one attached hydrogen (secondary N) is 1. The first-order chi connectivity index (χ1) is 14.1. The first-order valence-electron chi connectivity index (χ1n) is 10.1. The van der Waals surface area contributed by atoms with Crippen molar-refractivity contribution in [1.29, 1.82) is 0 Å². The van der Waals surface area contributed by atoms with E-state index in [-0.39, 0.29) is 11.6 Å². The largest absolute Gasteiger partial charge is 0.383 e. The third kappa shape index (κ3) is 3.55. The van der Waals surface area contributed by atoms with E-state index >= 15 is 0 Å². The molecule has 0 saturated carbocycles. The summed E-state index contributed by atoms with van der Waals surface area (Å²) in [5.41, 5.74) is 0.144. The number of rotatable bonds is 7. The molecule has 1 amide bonds. The molecule has 154 valence electrons. The molecule has 2 aromatic rings. The molecule has 29 heavy (non-hydrogen) atoms. The topological polar surface area (TPSA) is 41.6 Å². The summed E-state index contributed by atoms with van der Waals surface area (Å²) in [6, 6.07) is 13.3. The molecule has 4 nitrogen and oxygen atoms in total. The van der Waals surface area contributed by atoms with Gasteiger partial charge in [0.25, 0.3) is 5.91 Å². The number of hydrogen-bond acceptors (Lipinski definition) is 3. The van der Waals surface area contributed by atoms with Gasteiger partial charge < -0.3 is 10.1 Å². The van der Waals surface area contributed by atoms with Crippen molar-refractivity contribution < 1.29 is 18.3 Å². The quantitative estimate of drug-likeness (QED) is 0.762. The van der Waals surface area contributed by atoms with E-state index in [1.165, 1.54) is 6.07 Å². The highest BCUT2D eigenvalue weighted by atomic mass is 19.1. The third-order valence-electron chi connectivity index (χ3n) is 6.51. The molecule has 1 unspecified atom stereocenters. The van der Waals surface area contributed by atoms with Crippen LogP contribution in [0.1, 0.15) is 47.6 Å². The minimum Gasteiger partial charge on any atom is -0.383 e. The summed E-state index contributed by atoms with van der Waals surface area (Å²) in [4.78, 5) is 15.4. The van der Waals surface area contributed by atoms with Crippen molar-refractivity contribution in [1.82, 2.24) is 10.2 Å². The Labute approximate surface area is 169 Å². The molecular formula is C23H26F2N2O2. The van der Waals surface area contributed by atoms with E-state index in [9.17, 15) is 13.6 Å². The molecule has 0 aromatic heterocycles. The van der Waals surface area contributed by atoms with E-state index in [1.807, 2.05) is 30.3 Å². The van der Waals surface area contributed by atoms with Crippen LogP contribution >= 0.6 is 0 Å². The van der Waals surface area contributed by atoms with E-state index < -0.39 is 23.1 Å². The Bertz CT molecular complexity index is 846. The smallest absolute Gasteiger partial charge is 0.257 e. The summed E-state index contributed by atoms with van der Waals surface area (Å²) >= 11 is 0. The molecule has 4 rings (SSSR count). The maximum Gasteiger partial charge on any atom is 0.257 e. The number of ether oxygens (including phenoxy) is 1. The zero-order chi connectivity index (χ0) is 20.4. The van der Waals surface area contributed by atoms with Crippen molar-refractivity contribution in [3.05, 3.63) is 71.3 Å². The van der Waals surface area contributed by atoms with Crippen molar-refractivity contribution >= 4 is 5.91 Å². The van der Waals surface area contributed by atoms with Gasteiger partial charge in [0.1, 0.15) is 17.2 Å². The first kappa shape index (κ1) is 20.0. The molecule has 2 aromatic carbocycles. The van der Waals surface area contributed by atoms with Gasteiger partial charge >= 0.3 is 0 Å². The standard InChI is InChI=1S/C23H26F2N2O2/c1-29-15-14-27-17-10-12-23(27,13-11-17)21(16-6-3-2-4-7-16)26-22(28)20-18(24)8-5-9-19(20)25/h2-9,17,21H,10-15H2,1H3,(H,26,28). The minimum absolute atomic E-state index is 0.276. The molecular weight excluding hydrogens is 374 g/mol. The van der Waals surface area contributed by atoms with Gasteiger partial charge in [0, 0.05) is 25.2 Å². The average molecular weight is 400 g/mol. The van der Waals surface area contributed by atoms with Crippen LogP contribution in [0.4, 0.5) is 8.78 Å². The second-order valence-electron chi connectivity index (χ2n) is 7.93. The van der Waals surface area contributed by atoms with Crippen LogP contribution in [0.3, 0.4) is 0 Å². The number of carbonyl (C=O) groups excluding carboxylic acids is 1. The molecule has 2 fully saturated rings. The monoisotopic (exact) mass is 400 g/mol. The fourth-order valence-corrected chi connectivity index (χ4v) is 5.21. The number of amides is 1. The molecule has 1 atom stereocenters. The van der Waals surface area contributed by atoms with E-state index in [0.717, 1.165) is 49.9 Å². The first-order valence-corrected chi connectivity index (χ1v) is 10.1. The number of nitrogens with zero attached hydrogens (tertiary/aromatic N) is 1. The van der Waals surface area contributed by atoms with Gasteiger partial charge in [-0.2, -0.15) is 0 Å². The lowest BCUT2D eigenvalue weighted by Gasteiger charge is -2.42. The predicted molar refractivity (Wildman–Crippen MR) is 107 cm³/mol. The number of fused-ring (bicyclic) bond motifs is 2. The number of benzene rings is 2. The Morgan fingerprint density at radius 2 is 1.79 bits per heavy atom. The van der Waals surface area contributed by atoms with Gasteiger partial charge in [0.15, 0.2) is 0 Å². The summed E-state index contributed by atoms with van der Waals surface area (Å²) in [7, 11) is 1.68. The van der Waals surface area contributed by atoms with Gasteiger partial charge in [-0.3, -0.25) is 9.69 Å². The van der Waals surface area contributed by atoms with Gasteiger partial charge in [0.05, 0.1) is 12.6 Å². The lowest BCUT2D eigenvalue weighted by atomic mass is 9.78. The number of carbonyl (C=O) groups is 1. The highest BCUT2D eigenvalue weighted by Gasteiger charge is 2.56. The Morgan fingerprint density at radius 3 is 2.41 bits per heavy atom. The molecule has 2 aliphatic rings. The number of hydrogen-bond donors (Lipinski definition) is 1. The average Bonchev–Trinajstić information content (AvgIpc) is 3.26. The summed E-state index contributed by atoms with van der Waals surface area (Å²) in [5, 5.41) is 3.00. The SMILES string of the molecule is COCCN1C2CCC1(C(NC(=O)c1c(F)cccc1F)c1ccccc1)CC2. The second kappa shape index (κ2) is 8.20. The molecule has 2 heterocycles. The molecule has 2 bridgehead atoms. The Hall–Kier alpha value is -2.31. The van der Waals surface area contributed by atoms with Crippen molar-refractivity contribution in [2.75, 3.05) is 20.3 Å². The van der Waals surface area contributed by atoms with E-state index in [1.54, 1.807) is 7.11 Å². The Kier molecular flexibility index (Phi) is 5.65. The van der Waals surface area contributed by atoms with Crippen LogP contribution in [0.25, 0.3) is 0 Å². The van der Waals surface area contributed by atoms with Gasteiger partial charge in [-0.1, -0.05) is 36.4 Å². The van der Waals surface area contributed by atoms with Crippen molar-refractivity contribution in [2.45, 2.75) is 43.3 Å². The summed E-state index contributed by atoms with van der Waals surface area (Å²) in [5.74, 6) is -2.41. The van der Waals surface area contributed by atoms with Gasteiger partial charge in [-0.25, -0.2) is 8.78 Å². The highest BCUT2D eigenvalue weighted by Crippen LogP contribution is 2.52. The zero-order valence-electron chi connectivity index (χ0n) is 16.5. The summed E-state index contributed by atoms with van der Waals surface area (Å²) < 4.78 is 33.8. The second-order valence-corrected chi connectivity index (χ2v) is 7.93. The van der Waals surface area contributed by atoms with Crippen LogP contribution in [-0.2, 0) is 4.74 Å². The molecule has 6 heteroatoms. The number of methoxy groups -OCH3 is 1. The maximum absolute atomic E-state index is 14.2. The van der Waals surface area contributed by atoms with Crippen LogP contribution in [0, 0.1) is 11.6 Å². The predicted octanol–water partition coefficient (Wildman–Crippen LogP) is 4.08. The normalized spacial score (nSPS) is 24.6. The molecule has 2 saturated heterocycles. The van der Waals surface area contributed by atoms with E-state index in [4.69, 9.17) is 4.74 Å². The van der Waals surface area contributed by atoms with Crippen LogP contribution < -0.4 is 5.32 Å². The fourth-order valence-electron chi connectivity index (χ4n) is 5.21. The van der Waals surface area contributed by atoms with Gasteiger partial charge in [-0.15, -0.1) is 0 Å². The lowest BCUT2D eigenvalue weighted by Crippen LogP contribution is -2.53. The van der Waals surface area contributed by atoms with Gasteiger partial charge in [-0.05, 0) is 43.4 Å². The van der Waals surface area contributed by atoms with Crippen molar-refractivity contribution in [2.24, 2.45) is 0 Å². The van der Waals surface area contributed by atoms with Crippen LogP contribution in [0.15, 0.2) is 48.5 Å². The van der Waals surface area contributed by atoms with Crippen molar-refractivity contribution in [3.8, 4) is 0 Å². The van der Waals surface area contributed by atoms with E-state index in [2.05, 4.69) is 10.2 Å². The van der Waals surface area contributed by atoms with E-state index in [0.29, 0.717) is 12.6 Å². The highest BCUT2D eigenvalue weighted by molar-refractivity contribution is 5.95. The van der Waals surface area contributed by atoms with Crippen LogP contribution in [0.2, 0.25) is 0 Å². The van der Waals surface area contributed by atoms with Crippen LogP contribution in [-0.4, -0.2) is 42.6 Å². The molecule has 2 aliphatic heterocycles. The van der Waals surface area contributed by atoms with Gasteiger partial charge in [0.2, 0.25) is 0 Å². The Balaban J connectivity index is 1.71. The molecule has 0 radical (unpaired) electrons. The summed E-state index contributed by atoms with van der Waals surface area (Å²) in [6.07, 6.45) is 3.97. The van der Waals surface area contributed by atoms with Crippen LogP contribution in [0.5, 0.6) is 0 Å². The molecule has 0 aliphatic carbocycles. The molecule has 0 spiro atoms. The number of halogens is 2. The Morgan fingerprint density at radius 1 is 1.14 bits per heavy atom. The minimum atomic E-state index is -0.848. The zero-order valence-corrected chi connectivity index (χ0v) is 16.5.